The predicted molar refractivity (Wildman–Crippen MR) is 117 cm³/mol. The number of benzene rings is 1. The minimum absolute atomic E-state index is 0.116. The Labute approximate surface area is 191 Å². The third-order valence-electron chi connectivity index (χ3n) is 6.06. The Morgan fingerprint density at radius 3 is 2.30 bits per heavy atom. The maximum atomic E-state index is 13.1. The lowest BCUT2D eigenvalue weighted by atomic mass is 10.0. The van der Waals surface area contributed by atoms with Crippen LogP contribution in [0.15, 0.2) is 16.9 Å². The summed E-state index contributed by atoms with van der Waals surface area (Å²) < 4.78 is 66.5. The average Bonchev–Trinajstić information content (AvgIpc) is 2.78. The Morgan fingerprint density at radius 1 is 1.09 bits per heavy atom. The zero-order chi connectivity index (χ0) is 24.0. The summed E-state index contributed by atoms with van der Waals surface area (Å²) in [6.45, 7) is 0.785. The van der Waals surface area contributed by atoms with Crippen molar-refractivity contribution in [2.45, 2.75) is 43.5 Å². The maximum Gasteiger partial charge on any atom is 0.416 e. The Bertz CT molecular complexity index is 1230. The second kappa shape index (κ2) is 8.80. The number of hydrogen-bond acceptors (Lipinski definition) is 8. The van der Waals surface area contributed by atoms with E-state index >= 15 is 0 Å². The van der Waals surface area contributed by atoms with Crippen LogP contribution < -0.4 is 10.5 Å². The molecule has 1 aromatic carbocycles. The molecule has 0 spiro atoms. The van der Waals surface area contributed by atoms with E-state index in [1.54, 1.807) is 4.90 Å². The number of halogens is 3. The van der Waals surface area contributed by atoms with E-state index in [-0.39, 0.29) is 36.0 Å². The molecular weight excluding hydrogens is 485 g/mol. The largest absolute Gasteiger partial charge is 0.416 e. The molecule has 14 heteroatoms. The first-order valence-corrected chi connectivity index (χ1v) is 12.7. The van der Waals surface area contributed by atoms with Crippen molar-refractivity contribution in [2.75, 3.05) is 31.1 Å². The van der Waals surface area contributed by atoms with E-state index in [4.69, 9.17) is 0 Å². The molecule has 2 aliphatic rings. The molecule has 1 aromatic heterocycles. The number of sulfonamides is 1. The van der Waals surface area contributed by atoms with E-state index in [0.717, 1.165) is 30.6 Å². The van der Waals surface area contributed by atoms with Crippen molar-refractivity contribution in [2.24, 2.45) is 0 Å². The smallest absolute Gasteiger partial charge is 0.345 e. The maximum absolute atomic E-state index is 13.1. The normalized spacial score (nSPS) is 19.2. The van der Waals surface area contributed by atoms with Gasteiger partial charge in [-0.25, -0.2) is 8.42 Å². The van der Waals surface area contributed by atoms with Crippen molar-refractivity contribution >= 4 is 42.3 Å². The van der Waals surface area contributed by atoms with Gasteiger partial charge in [0, 0.05) is 32.2 Å². The van der Waals surface area contributed by atoms with E-state index in [2.05, 4.69) is 4.98 Å². The van der Waals surface area contributed by atoms with Gasteiger partial charge >= 0.3 is 6.18 Å². The van der Waals surface area contributed by atoms with Crippen molar-refractivity contribution in [3.8, 4) is 0 Å². The van der Waals surface area contributed by atoms with Crippen molar-refractivity contribution in [3.63, 3.8) is 0 Å². The van der Waals surface area contributed by atoms with E-state index < -0.39 is 48.6 Å². The first-order valence-electron chi connectivity index (χ1n) is 10.4. The Morgan fingerprint density at radius 2 is 1.73 bits per heavy atom. The van der Waals surface area contributed by atoms with Crippen LogP contribution in [0.3, 0.4) is 0 Å². The lowest BCUT2D eigenvalue weighted by Crippen LogP contribution is -2.51. The molecule has 4 rings (SSSR count). The SMILES string of the molecule is O=c1nc(N2CCN(S(=O)(=O)C3CCCCC3)CC2)sc2c([N+](=O)[O-])cc(C(F)(F)F)cc12. The van der Waals surface area contributed by atoms with Gasteiger partial charge in [-0.2, -0.15) is 22.5 Å². The molecule has 2 fully saturated rings. The van der Waals surface area contributed by atoms with Gasteiger partial charge in [0.25, 0.3) is 11.2 Å². The van der Waals surface area contributed by atoms with Gasteiger partial charge < -0.3 is 4.90 Å². The topological polar surface area (TPSA) is 114 Å². The van der Waals surface area contributed by atoms with Crippen molar-refractivity contribution in [1.29, 1.82) is 0 Å². The number of alkyl halides is 3. The second-order valence-corrected chi connectivity index (χ2v) is 11.3. The molecule has 1 saturated carbocycles. The highest BCUT2D eigenvalue weighted by molar-refractivity contribution is 7.89. The summed E-state index contributed by atoms with van der Waals surface area (Å²) in [5, 5.41) is 10.7. The molecule has 2 aromatic rings. The number of anilines is 1. The van der Waals surface area contributed by atoms with Gasteiger partial charge in [0.1, 0.15) is 4.70 Å². The number of non-ortho nitro benzene ring substituents is 1. The Kier molecular flexibility index (Phi) is 6.35. The van der Waals surface area contributed by atoms with Crippen LogP contribution in [0.2, 0.25) is 0 Å². The molecule has 2 heterocycles. The Hall–Kier alpha value is -2.32. The second-order valence-electron chi connectivity index (χ2n) is 8.12. The summed E-state index contributed by atoms with van der Waals surface area (Å²) in [5.74, 6) is 0. The molecule has 1 aliphatic heterocycles. The van der Waals surface area contributed by atoms with E-state index in [1.165, 1.54) is 4.31 Å². The molecule has 180 valence electrons. The summed E-state index contributed by atoms with van der Waals surface area (Å²) in [7, 11) is -3.44. The summed E-state index contributed by atoms with van der Waals surface area (Å²) in [4.78, 5) is 28.5. The fourth-order valence-corrected chi connectivity index (χ4v) is 7.42. The molecule has 0 atom stereocenters. The van der Waals surface area contributed by atoms with E-state index in [0.29, 0.717) is 25.0 Å². The van der Waals surface area contributed by atoms with Crippen molar-refractivity contribution in [3.05, 3.63) is 38.2 Å². The predicted octanol–water partition coefficient (Wildman–Crippen LogP) is 3.37. The van der Waals surface area contributed by atoms with Gasteiger partial charge in [-0.15, -0.1) is 0 Å². The van der Waals surface area contributed by atoms with Crippen LogP contribution in [-0.4, -0.2) is 54.1 Å². The fraction of sp³-hybridized carbons (Fsp3) is 0.579. The van der Waals surface area contributed by atoms with Gasteiger partial charge in [0.15, 0.2) is 5.13 Å². The molecule has 0 N–H and O–H groups in total. The monoisotopic (exact) mass is 506 g/mol. The van der Waals surface area contributed by atoms with Crippen LogP contribution >= 0.6 is 11.3 Å². The van der Waals surface area contributed by atoms with Crippen LogP contribution in [0.5, 0.6) is 0 Å². The molecular formula is C19H21F3N4O5S2. The quantitative estimate of drug-likeness (QED) is 0.461. The fourth-order valence-electron chi connectivity index (χ4n) is 4.28. The van der Waals surface area contributed by atoms with E-state index in [1.807, 2.05) is 0 Å². The third-order valence-corrected chi connectivity index (χ3v) is 9.62. The molecule has 33 heavy (non-hydrogen) atoms. The molecule has 0 bridgehead atoms. The minimum Gasteiger partial charge on any atom is -0.345 e. The first-order chi connectivity index (χ1) is 15.5. The number of nitrogens with zero attached hydrogens (tertiary/aromatic N) is 4. The number of hydrogen-bond donors (Lipinski definition) is 0. The standard InChI is InChI=1S/C19H21F3N4O5S2/c20-19(21,22)12-10-14-16(15(11-12)26(28)29)32-18(23-17(14)27)24-6-8-25(9-7-24)33(30,31)13-4-2-1-3-5-13/h10-11,13H,1-9H2. The number of nitro benzene ring substituents is 1. The van der Waals surface area contributed by atoms with Crippen LogP contribution in [-0.2, 0) is 16.2 Å². The number of aromatic nitrogens is 1. The van der Waals surface area contributed by atoms with Crippen LogP contribution in [0.1, 0.15) is 37.7 Å². The van der Waals surface area contributed by atoms with Gasteiger partial charge in [-0.1, -0.05) is 30.6 Å². The highest BCUT2D eigenvalue weighted by Crippen LogP contribution is 2.38. The summed E-state index contributed by atoms with van der Waals surface area (Å²) >= 11 is 0.756. The number of piperazine rings is 1. The summed E-state index contributed by atoms with van der Waals surface area (Å²) in [5.41, 5.74) is -3.10. The number of fused-ring (bicyclic) bond motifs is 1. The molecule has 0 amide bonds. The molecule has 1 aliphatic carbocycles. The third kappa shape index (κ3) is 4.68. The van der Waals surface area contributed by atoms with Gasteiger partial charge in [0.05, 0.1) is 21.1 Å². The van der Waals surface area contributed by atoms with Crippen LogP contribution in [0.25, 0.3) is 10.1 Å². The summed E-state index contributed by atoms with van der Waals surface area (Å²) in [6.07, 6.45) is -0.779. The molecule has 9 nitrogen and oxygen atoms in total. The highest BCUT2D eigenvalue weighted by Gasteiger charge is 2.36. The zero-order valence-corrected chi connectivity index (χ0v) is 19.0. The Balaban J connectivity index is 1.62. The highest BCUT2D eigenvalue weighted by atomic mass is 32.2. The molecule has 1 saturated heterocycles. The van der Waals surface area contributed by atoms with Gasteiger partial charge in [-0.3, -0.25) is 14.9 Å². The zero-order valence-electron chi connectivity index (χ0n) is 17.4. The first kappa shape index (κ1) is 23.8. The van der Waals surface area contributed by atoms with Crippen molar-refractivity contribution in [1.82, 2.24) is 9.29 Å². The lowest BCUT2D eigenvalue weighted by molar-refractivity contribution is -0.383. The van der Waals surface area contributed by atoms with Gasteiger partial charge in [-0.05, 0) is 18.9 Å². The van der Waals surface area contributed by atoms with Crippen LogP contribution in [0.4, 0.5) is 24.0 Å². The van der Waals surface area contributed by atoms with Gasteiger partial charge in [0.2, 0.25) is 10.0 Å². The number of rotatable bonds is 4. The minimum atomic E-state index is -4.85. The average molecular weight is 507 g/mol. The van der Waals surface area contributed by atoms with E-state index in [9.17, 15) is 36.5 Å². The number of nitro groups is 1. The molecule has 0 radical (unpaired) electrons. The summed E-state index contributed by atoms with van der Waals surface area (Å²) in [6, 6.07) is 0.989. The molecule has 0 unspecified atom stereocenters. The van der Waals surface area contributed by atoms with Crippen LogP contribution in [0, 0.1) is 10.1 Å². The lowest BCUT2D eigenvalue weighted by Gasteiger charge is -2.36. The van der Waals surface area contributed by atoms with Crippen molar-refractivity contribution < 1.29 is 26.5 Å².